The van der Waals surface area contributed by atoms with Crippen LogP contribution in [-0.2, 0) is 4.79 Å². The van der Waals surface area contributed by atoms with E-state index in [-0.39, 0.29) is 34.0 Å². The maximum absolute atomic E-state index is 14.6. The van der Waals surface area contributed by atoms with Gasteiger partial charge in [-0.15, -0.1) is 0 Å². The molecule has 2 aliphatic heterocycles. The molecule has 7 nitrogen and oxygen atoms in total. The zero-order valence-electron chi connectivity index (χ0n) is 13.5. The lowest BCUT2D eigenvalue weighted by molar-refractivity contribution is -0.120. The molecule has 10 heteroatoms. The Morgan fingerprint density at radius 3 is 2.88 bits per heavy atom. The summed E-state index contributed by atoms with van der Waals surface area (Å²) in [6.45, 7) is 0.616. The van der Waals surface area contributed by atoms with Crippen LogP contribution in [0.15, 0.2) is 16.7 Å². The molecule has 1 saturated heterocycles. The second-order valence-corrected chi connectivity index (χ2v) is 7.41. The summed E-state index contributed by atoms with van der Waals surface area (Å²) in [4.78, 5) is 32.7. The third-order valence-electron chi connectivity index (χ3n) is 4.87. The molecule has 0 bridgehead atoms. The Labute approximate surface area is 161 Å². The minimum absolute atomic E-state index is 0.0501. The summed E-state index contributed by atoms with van der Waals surface area (Å²) in [6.07, 6.45) is 0.391. The smallest absolute Gasteiger partial charge is 0.407 e. The summed E-state index contributed by atoms with van der Waals surface area (Å²) in [6, 6.07) is 0.939. The predicted octanol–water partition coefficient (Wildman–Crippen LogP) is 2.93. The van der Waals surface area contributed by atoms with Gasteiger partial charge in [0.1, 0.15) is 11.6 Å². The molecule has 0 aliphatic carbocycles. The zero-order valence-corrected chi connectivity index (χ0v) is 15.9. The van der Waals surface area contributed by atoms with E-state index in [1.807, 2.05) is 4.90 Å². The molecule has 1 fully saturated rings. The highest BCUT2D eigenvalue weighted by Gasteiger charge is 2.42. The van der Waals surface area contributed by atoms with E-state index in [2.05, 4.69) is 20.9 Å². The second-order valence-electron chi connectivity index (χ2n) is 6.21. The number of carbonyl (C=O) groups is 2. The minimum Gasteiger partial charge on any atom is -0.465 e. The minimum atomic E-state index is -1.07. The number of piperazine rings is 1. The van der Waals surface area contributed by atoms with E-state index in [1.165, 1.54) is 16.0 Å². The van der Waals surface area contributed by atoms with Gasteiger partial charge in [0.05, 0.1) is 33.6 Å². The van der Waals surface area contributed by atoms with Crippen molar-refractivity contribution in [3.63, 3.8) is 0 Å². The van der Waals surface area contributed by atoms with Gasteiger partial charge in [-0.1, -0.05) is 11.6 Å². The van der Waals surface area contributed by atoms with Gasteiger partial charge in [0.15, 0.2) is 5.82 Å². The topological polar surface area (TPSA) is 77.0 Å². The number of halogens is 3. The first-order valence-electron chi connectivity index (χ1n) is 7.79. The van der Waals surface area contributed by atoms with Crippen LogP contribution in [0.1, 0.15) is 0 Å². The fraction of sp³-hybridized carbons (Fsp3) is 0.312. The molecule has 1 aromatic heterocycles. The molecular formula is C16H13BrClFN4O3. The number of hydrogen-bond acceptors (Lipinski definition) is 4. The van der Waals surface area contributed by atoms with Crippen LogP contribution < -0.4 is 9.80 Å². The maximum atomic E-state index is 14.6. The van der Waals surface area contributed by atoms with E-state index in [0.717, 1.165) is 0 Å². The Hall–Kier alpha value is -2.13. The molecule has 0 saturated carbocycles. The van der Waals surface area contributed by atoms with Crippen molar-refractivity contribution in [2.75, 3.05) is 36.5 Å². The molecule has 1 N–H and O–H groups in total. The number of nitrogens with zero attached hydrogens (tertiary/aromatic N) is 4. The van der Waals surface area contributed by atoms with Crippen molar-refractivity contribution in [3.05, 3.63) is 27.6 Å². The average Bonchev–Trinajstić information content (AvgIpc) is 2.63. The van der Waals surface area contributed by atoms with Gasteiger partial charge in [-0.3, -0.25) is 9.78 Å². The molecule has 2 amide bonds. The number of likely N-dealkylation sites (N-methyl/N-ethyl adjacent to an activating group) is 1. The summed E-state index contributed by atoms with van der Waals surface area (Å²) >= 11 is 9.25. The fourth-order valence-corrected chi connectivity index (χ4v) is 4.04. The summed E-state index contributed by atoms with van der Waals surface area (Å²) in [5.41, 5.74) is 1.32. The molecule has 26 heavy (non-hydrogen) atoms. The predicted molar refractivity (Wildman–Crippen MR) is 98.6 cm³/mol. The molecule has 3 heterocycles. The summed E-state index contributed by atoms with van der Waals surface area (Å²) in [5.74, 6) is -0.802. The standard InChI is InChI=1S/C16H13BrClFN4O3/c1-21-9-5-20-13-7(4-8(18)11(17)12(13)19)14(9)23-3-2-22(16(25)26)6-10(23)15(21)24/h4-5,10H,2-3,6H2,1H3,(H,25,26)/t10-/m1/s1. The molecule has 2 aromatic rings. The van der Waals surface area contributed by atoms with Gasteiger partial charge in [-0.2, -0.15) is 0 Å². The third kappa shape index (κ3) is 2.34. The van der Waals surface area contributed by atoms with Crippen molar-refractivity contribution < 1.29 is 19.1 Å². The van der Waals surface area contributed by atoms with E-state index in [0.29, 0.717) is 23.3 Å². The second kappa shape index (κ2) is 5.95. The van der Waals surface area contributed by atoms with Crippen LogP contribution in [-0.4, -0.2) is 59.7 Å². The fourth-order valence-electron chi connectivity index (χ4n) is 3.54. The van der Waals surface area contributed by atoms with Crippen molar-refractivity contribution >= 4 is 61.8 Å². The average molecular weight is 444 g/mol. The van der Waals surface area contributed by atoms with Crippen molar-refractivity contribution in [1.82, 2.24) is 9.88 Å². The summed E-state index contributed by atoms with van der Waals surface area (Å²) in [7, 11) is 1.60. The number of benzene rings is 1. The van der Waals surface area contributed by atoms with E-state index >= 15 is 0 Å². The molecule has 4 rings (SSSR count). The molecule has 1 aromatic carbocycles. The highest BCUT2D eigenvalue weighted by molar-refractivity contribution is 9.10. The van der Waals surface area contributed by atoms with Crippen molar-refractivity contribution in [2.45, 2.75) is 6.04 Å². The lowest BCUT2D eigenvalue weighted by Gasteiger charge is -2.46. The van der Waals surface area contributed by atoms with Crippen LogP contribution in [0.3, 0.4) is 0 Å². The maximum Gasteiger partial charge on any atom is 0.407 e. The van der Waals surface area contributed by atoms with E-state index in [1.54, 1.807) is 13.1 Å². The largest absolute Gasteiger partial charge is 0.465 e. The lowest BCUT2D eigenvalue weighted by atomic mass is 10.0. The number of pyridine rings is 1. The van der Waals surface area contributed by atoms with Gasteiger partial charge < -0.3 is 19.8 Å². The highest BCUT2D eigenvalue weighted by atomic mass is 79.9. The van der Waals surface area contributed by atoms with Gasteiger partial charge in [0.25, 0.3) is 5.91 Å². The Balaban J connectivity index is 1.95. The summed E-state index contributed by atoms with van der Waals surface area (Å²) < 4.78 is 14.7. The van der Waals surface area contributed by atoms with Crippen LogP contribution >= 0.6 is 27.5 Å². The van der Waals surface area contributed by atoms with Crippen LogP contribution in [0.2, 0.25) is 5.02 Å². The van der Waals surface area contributed by atoms with Gasteiger partial charge in [0, 0.05) is 25.5 Å². The number of carboxylic acid groups (broad SMARTS) is 1. The van der Waals surface area contributed by atoms with Crippen molar-refractivity contribution in [3.8, 4) is 0 Å². The number of aromatic nitrogens is 1. The number of carbonyl (C=O) groups excluding carboxylic acids is 1. The van der Waals surface area contributed by atoms with Gasteiger partial charge in [-0.05, 0) is 22.0 Å². The monoisotopic (exact) mass is 442 g/mol. The van der Waals surface area contributed by atoms with E-state index in [4.69, 9.17) is 11.6 Å². The number of amides is 2. The van der Waals surface area contributed by atoms with Gasteiger partial charge in [-0.25, -0.2) is 9.18 Å². The molecule has 0 spiro atoms. The van der Waals surface area contributed by atoms with E-state index in [9.17, 15) is 19.1 Å². The van der Waals surface area contributed by atoms with Gasteiger partial charge >= 0.3 is 6.09 Å². The van der Waals surface area contributed by atoms with Crippen LogP contribution in [0.4, 0.5) is 20.6 Å². The number of anilines is 2. The first-order chi connectivity index (χ1) is 12.3. The van der Waals surface area contributed by atoms with Crippen LogP contribution in [0, 0.1) is 5.82 Å². The molecule has 0 unspecified atom stereocenters. The Morgan fingerprint density at radius 1 is 1.46 bits per heavy atom. The zero-order chi connectivity index (χ0) is 18.7. The molecule has 0 radical (unpaired) electrons. The molecule has 136 valence electrons. The van der Waals surface area contributed by atoms with Crippen molar-refractivity contribution in [2.24, 2.45) is 0 Å². The third-order valence-corrected chi connectivity index (χ3v) is 6.17. The van der Waals surface area contributed by atoms with Gasteiger partial charge in [0.2, 0.25) is 0 Å². The Bertz CT molecular complexity index is 972. The quantitative estimate of drug-likeness (QED) is 0.634. The highest BCUT2D eigenvalue weighted by Crippen LogP contribution is 2.44. The molecule has 2 aliphatic rings. The van der Waals surface area contributed by atoms with E-state index < -0.39 is 18.0 Å². The van der Waals surface area contributed by atoms with Crippen LogP contribution in [0.25, 0.3) is 10.9 Å². The first-order valence-corrected chi connectivity index (χ1v) is 8.96. The van der Waals surface area contributed by atoms with Crippen LogP contribution in [0.5, 0.6) is 0 Å². The number of fused-ring (bicyclic) bond motifs is 5. The first kappa shape index (κ1) is 17.3. The Morgan fingerprint density at radius 2 is 2.19 bits per heavy atom. The Kier molecular flexibility index (Phi) is 3.96. The normalized spacial score (nSPS) is 19.6. The molecule has 1 atom stereocenters. The molecular weight excluding hydrogens is 431 g/mol. The SMILES string of the molecule is CN1C(=O)[C@H]2CN(C(=O)O)CCN2c2c1cnc1c(F)c(Br)c(Cl)cc21. The van der Waals surface area contributed by atoms with Crippen molar-refractivity contribution in [1.29, 1.82) is 0 Å². The lowest BCUT2D eigenvalue weighted by Crippen LogP contribution is -2.62. The number of rotatable bonds is 0. The summed E-state index contributed by atoms with van der Waals surface area (Å²) in [5, 5.41) is 9.94. The number of hydrogen-bond donors (Lipinski definition) is 1.